The molecule has 1 amide bonds. The predicted molar refractivity (Wildman–Crippen MR) is 126 cm³/mol. The SMILES string of the molecule is COc1cccc(Cn2cc(NC(=O)c3ccn(COc4cc(C)c(Cl)c(C)c4)n3)cn2)c1. The molecule has 33 heavy (non-hydrogen) atoms. The van der Waals surface area contributed by atoms with Crippen molar-refractivity contribution in [2.24, 2.45) is 0 Å². The molecule has 0 aliphatic rings. The number of aryl methyl sites for hydroxylation is 2. The zero-order valence-corrected chi connectivity index (χ0v) is 19.3. The summed E-state index contributed by atoms with van der Waals surface area (Å²) in [6.45, 7) is 4.59. The second kappa shape index (κ2) is 9.79. The van der Waals surface area contributed by atoms with E-state index in [1.54, 1.807) is 41.1 Å². The molecule has 0 radical (unpaired) electrons. The van der Waals surface area contributed by atoms with E-state index in [4.69, 9.17) is 21.1 Å². The monoisotopic (exact) mass is 465 g/mol. The number of nitrogens with zero attached hydrogens (tertiary/aromatic N) is 4. The van der Waals surface area contributed by atoms with Gasteiger partial charge in [-0.1, -0.05) is 23.7 Å². The van der Waals surface area contributed by atoms with Crippen molar-refractivity contribution >= 4 is 23.2 Å². The largest absolute Gasteiger partial charge is 0.497 e. The summed E-state index contributed by atoms with van der Waals surface area (Å²) in [4.78, 5) is 12.6. The Bertz CT molecular complexity index is 1260. The van der Waals surface area contributed by atoms with Gasteiger partial charge in [0, 0.05) is 17.4 Å². The number of benzene rings is 2. The lowest BCUT2D eigenvalue weighted by Gasteiger charge is -2.10. The van der Waals surface area contributed by atoms with Crippen molar-refractivity contribution < 1.29 is 14.3 Å². The Balaban J connectivity index is 1.34. The highest BCUT2D eigenvalue weighted by atomic mass is 35.5. The van der Waals surface area contributed by atoms with Gasteiger partial charge in [-0.15, -0.1) is 0 Å². The summed E-state index contributed by atoms with van der Waals surface area (Å²) in [5, 5.41) is 12.1. The van der Waals surface area contributed by atoms with Crippen LogP contribution < -0.4 is 14.8 Å². The van der Waals surface area contributed by atoms with Crippen LogP contribution in [0.1, 0.15) is 27.2 Å². The average molecular weight is 466 g/mol. The summed E-state index contributed by atoms with van der Waals surface area (Å²) in [5.41, 5.74) is 3.79. The van der Waals surface area contributed by atoms with E-state index in [0.717, 1.165) is 27.5 Å². The Hall–Kier alpha value is -3.78. The summed E-state index contributed by atoms with van der Waals surface area (Å²) in [5.74, 6) is 1.15. The number of aromatic nitrogens is 4. The van der Waals surface area contributed by atoms with Gasteiger partial charge in [0.15, 0.2) is 12.4 Å². The second-order valence-electron chi connectivity index (χ2n) is 7.62. The van der Waals surface area contributed by atoms with Crippen LogP contribution in [-0.2, 0) is 13.3 Å². The number of hydrogen-bond donors (Lipinski definition) is 1. The number of carbonyl (C=O) groups is 1. The van der Waals surface area contributed by atoms with Crippen LogP contribution in [0, 0.1) is 13.8 Å². The Morgan fingerprint density at radius 1 is 1.09 bits per heavy atom. The van der Waals surface area contributed by atoms with Crippen molar-refractivity contribution in [2.45, 2.75) is 27.1 Å². The molecule has 4 rings (SSSR count). The van der Waals surface area contributed by atoms with Crippen molar-refractivity contribution in [3.05, 3.63) is 88.5 Å². The number of nitrogens with one attached hydrogen (secondary N) is 1. The number of halogens is 1. The Labute approximate surface area is 196 Å². The van der Waals surface area contributed by atoms with E-state index in [9.17, 15) is 4.79 Å². The van der Waals surface area contributed by atoms with E-state index in [0.29, 0.717) is 18.0 Å². The number of rotatable bonds is 8. The fourth-order valence-electron chi connectivity index (χ4n) is 3.35. The van der Waals surface area contributed by atoms with E-state index in [-0.39, 0.29) is 18.3 Å². The molecular formula is C24H24ClN5O3. The zero-order valence-electron chi connectivity index (χ0n) is 18.6. The molecule has 0 bridgehead atoms. The quantitative estimate of drug-likeness (QED) is 0.408. The minimum atomic E-state index is -0.326. The fourth-order valence-corrected chi connectivity index (χ4v) is 3.46. The molecule has 9 heteroatoms. The third-order valence-corrected chi connectivity index (χ3v) is 5.61. The second-order valence-corrected chi connectivity index (χ2v) is 8.00. The molecule has 0 aliphatic carbocycles. The van der Waals surface area contributed by atoms with Crippen molar-refractivity contribution in [1.29, 1.82) is 0 Å². The van der Waals surface area contributed by atoms with Gasteiger partial charge in [-0.2, -0.15) is 10.2 Å². The standard InChI is InChI=1S/C24H24ClN5O3/c1-16-9-21(10-17(2)23(16)25)33-15-29-8-7-22(28-29)24(31)27-19-12-26-30(14-19)13-18-5-4-6-20(11-18)32-3/h4-12,14H,13,15H2,1-3H3,(H,27,31). The van der Waals surface area contributed by atoms with Gasteiger partial charge in [-0.3, -0.25) is 9.48 Å². The predicted octanol–water partition coefficient (Wildman–Crippen LogP) is 4.70. The molecule has 2 aromatic heterocycles. The van der Waals surface area contributed by atoms with Crippen LogP contribution in [0.5, 0.6) is 11.5 Å². The van der Waals surface area contributed by atoms with Gasteiger partial charge in [0.2, 0.25) is 0 Å². The van der Waals surface area contributed by atoms with E-state index < -0.39 is 0 Å². The molecule has 0 spiro atoms. The topological polar surface area (TPSA) is 83.2 Å². The molecule has 0 saturated heterocycles. The minimum Gasteiger partial charge on any atom is -0.497 e. The molecule has 0 aliphatic heterocycles. The zero-order chi connectivity index (χ0) is 23.4. The average Bonchev–Trinajstić information content (AvgIpc) is 3.45. The third kappa shape index (κ3) is 5.53. The number of anilines is 1. The Kier molecular flexibility index (Phi) is 6.65. The minimum absolute atomic E-state index is 0.173. The number of amides is 1. The van der Waals surface area contributed by atoms with Crippen molar-refractivity contribution in [3.63, 3.8) is 0 Å². The van der Waals surface area contributed by atoms with E-state index >= 15 is 0 Å². The normalized spacial score (nSPS) is 10.8. The molecular weight excluding hydrogens is 442 g/mol. The summed E-state index contributed by atoms with van der Waals surface area (Å²) in [6.07, 6.45) is 5.06. The van der Waals surface area contributed by atoms with Crippen LogP contribution in [0.15, 0.2) is 61.1 Å². The number of hydrogen-bond acceptors (Lipinski definition) is 5. The van der Waals surface area contributed by atoms with Gasteiger partial charge >= 0.3 is 0 Å². The summed E-state index contributed by atoms with van der Waals surface area (Å²) in [7, 11) is 1.63. The van der Waals surface area contributed by atoms with E-state index in [2.05, 4.69) is 15.5 Å². The van der Waals surface area contributed by atoms with Crippen molar-refractivity contribution in [3.8, 4) is 11.5 Å². The van der Waals surface area contributed by atoms with Crippen molar-refractivity contribution in [2.75, 3.05) is 12.4 Å². The van der Waals surface area contributed by atoms with Gasteiger partial charge in [-0.25, -0.2) is 4.68 Å². The Morgan fingerprint density at radius 2 is 1.88 bits per heavy atom. The maximum absolute atomic E-state index is 12.6. The molecule has 2 heterocycles. The van der Waals surface area contributed by atoms with Gasteiger partial charge in [0.05, 0.1) is 25.5 Å². The number of carbonyl (C=O) groups excluding carboxylic acids is 1. The van der Waals surface area contributed by atoms with Gasteiger partial charge in [0.25, 0.3) is 5.91 Å². The molecule has 1 N–H and O–H groups in total. The van der Waals surface area contributed by atoms with Gasteiger partial charge in [-0.05, 0) is 60.9 Å². The molecule has 170 valence electrons. The Morgan fingerprint density at radius 3 is 2.64 bits per heavy atom. The molecule has 8 nitrogen and oxygen atoms in total. The fraction of sp³-hybridized carbons (Fsp3) is 0.208. The first kappa shape index (κ1) is 22.4. The summed E-state index contributed by atoms with van der Waals surface area (Å²) >= 11 is 6.20. The van der Waals surface area contributed by atoms with Gasteiger partial charge in [0.1, 0.15) is 11.5 Å². The maximum Gasteiger partial charge on any atom is 0.276 e. The van der Waals surface area contributed by atoms with Crippen LogP contribution in [0.4, 0.5) is 5.69 Å². The third-order valence-electron chi connectivity index (χ3n) is 5.02. The van der Waals surface area contributed by atoms with Crippen LogP contribution >= 0.6 is 11.6 Å². The molecule has 0 saturated carbocycles. The highest BCUT2D eigenvalue weighted by Gasteiger charge is 2.12. The molecule has 0 atom stereocenters. The first-order valence-electron chi connectivity index (χ1n) is 10.3. The first-order valence-corrected chi connectivity index (χ1v) is 10.7. The number of ether oxygens (including phenoxy) is 2. The number of methoxy groups -OCH3 is 1. The van der Waals surface area contributed by atoms with Crippen LogP contribution in [0.25, 0.3) is 0 Å². The van der Waals surface area contributed by atoms with Crippen LogP contribution in [0.2, 0.25) is 5.02 Å². The molecule has 0 fully saturated rings. The molecule has 0 unspecified atom stereocenters. The lowest BCUT2D eigenvalue weighted by atomic mass is 10.1. The van der Waals surface area contributed by atoms with E-state index in [1.165, 1.54) is 0 Å². The molecule has 2 aromatic carbocycles. The summed E-state index contributed by atoms with van der Waals surface area (Å²) in [6, 6.07) is 13.1. The first-order chi connectivity index (χ1) is 15.9. The van der Waals surface area contributed by atoms with E-state index in [1.807, 2.05) is 50.2 Å². The maximum atomic E-state index is 12.6. The lowest BCUT2D eigenvalue weighted by molar-refractivity contribution is 0.102. The van der Waals surface area contributed by atoms with Crippen molar-refractivity contribution in [1.82, 2.24) is 19.6 Å². The van der Waals surface area contributed by atoms with Crippen LogP contribution in [0.3, 0.4) is 0 Å². The van der Waals surface area contributed by atoms with Gasteiger partial charge < -0.3 is 14.8 Å². The smallest absolute Gasteiger partial charge is 0.276 e. The summed E-state index contributed by atoms with van der Waals surface area (Å²) < 4.78 is 14.3. The molecule has 4 aromatic rings. The lowest BCUT2D eigenvalue weighted by Crippen LogP contribution is -2.14. The van der Waals surface area contributed by atoms with Crippen LogP contribution in [-0.4, -0.2) is 32.6 Å². The highest BCUT2D eigenvalue weighted by Crippen LogP contribution is 2.26. The highest BCUT2D eigenvalue weighted by molar-refractivity contribution is 6.32.